The van der Waals surface area contributed by atoms with Crippen molar-refractivity contribution in [3.8, 4) is 0 Å². The fourth-order valence-electron chi connectivity index (χ4n) is 6.67. The normalized spacial score (nSPS) is 26.6. The van der Waals surface area contributed by atoms with Crippen molar-refractivity contribution in [3.05, 3.63) is 35.0 Å². The predicted molar refractivity (Wildman–Crippen MR) is 143 cm³/mol. The lowest BCUT2D eigenvalue weighted by Gasteiger charge is -2.43. The number of hydrogen-bond acceptors (Lipinski definition) is 8. The number of methoxy groups -OCH3 is 1. The first-order valence-corrected chi connectivity index (χ1v) is 14.8. The molecule has 3 unspecified atom stereocenters. The van der Waals surface area contributed by atoms with Gasteiger partial charge in [0.2, 0.25) is 5.95 Å². The molecule has 1 aromatic carbocycles. The maximum atomic E-state index is 12.9. The van der Waals surface area contributed by atoms with E-state index in [9.17, 15) is 9.00 Å². The minimum absolute atomic E-state index is 0.292. The summed E-state index contributed by atoms with van der Waals surface area (Å²) in [5, 5.41) is 6.45. The molecule has 9 nitrogen and oxygen atoms in total. The third-order valence-electron chi connectivity index (χ3n) is 9.11. The van der Waals surface area contributed by atoms with Crippen molar-refractivity contribution >= 4 is 34.3 Å². The van der Waals surface area contributed by atoms with E-state index in [1.54, 1.807) is 0 Å². The minimum atomic E-state index is -1.10. The number of aromatic nitrogens is 2. The Hall–Kier alpha value is -2.88. The van der Waals surface area contributed by atoms with E-state index < -0.39 is 16.9 Å². The van der Waals surface area contributed by atoms with E-state index in [-0.39, 0.29) is 5.54 Å². The highest BCUT2D eigenvalue weighted by atomic mass is 32.2. The van der Waals surface area contributed by atoms with Gasteiger partial charge in [0.05, 0.1) is 29.1 Å². The SMILES string of the molecule is COC(=O)NCC1(Nc2nc(N3CC4CN(c5ccc6c(c5)CC6)CC4C3)nc3c2S(=O)CC3)CCC1. The number of nitrogens with one attached hydrogen (secondary N) is 2. The first kappa shape index (κ1) is 23.3. The summed E-state index contributed by atoms with van der Waals surface area (Å²) < 4.78 is 17.7. The van der Waals surface area contributed by atoms with Crippen LogP contribution in [-0.2, 0) is 34.8 Å². The van der Waals surface area contributed by atoms with Crippen molar-refractivity contribution in [2.24, 2.45) is 11.8 Å². The van der Waals surface area contributed by atoms with E-state index in [0.29, 0.717) is 36.4 Å². The molecule has 37 heavy (non-hydrogen) atoms. The predicted octanol–water partition coefficient (Wildman–Crippen LogP) is 2.50. The Morgan fingerprint density at radius 3 is 2.49 bits per heavy atom. The summed E-state index contributed by atoms with van der Waals surface area (Å²) in [5.74, 6) is 3.21. The van der Waals surface area contributed by atoms with Gasteiger partial charge >= 0.3 is 6.09 Å². The third-order valence-corrected chi connectivity index (χ3v) is 10.6. The molecular weight excluding hydrogens is 488 g/mol. The van der Waals surface area contributed by atoms with Crippen molar-refractivity contribution in [1.82, 2.24) is 15.3 Å². The van der Waals surface area contributed by atoms with Gasteiger partial charge in [0.1, 0.15) is 10.7 Å². The van der Waals surface area contributed by atoms with Gasteiger partial charge in [-0.25, -0.2) is 9.78 Å². The Morgan fingerprint density at radius 2 is 1.84 bits per heavy atom. The highest BCUT2D eigenvalue weighted by Gasteiger charge is 2.43. The number of alkyl carbamates (subject to hydrolysis) is 1. The molecule has 4 heterocycles. The molecule has 2 saturated heterocycles. The van der Waals surface area contributed by atoms with Crippen molar-refractivity contribution in [3.63, 3.8) is 0 Å². The van der Waals surface area contributed by atoms with Crippen LogP contribution in [-0.4, -0.2) is 71.4 Å². The van der Waals surface area contributed by atoms with Gasteiger partial charge in [0, 0.05) is 62.4 Å². The number of benzene rings is 1. The smallest absolute Gasteiger partial charge is 0.406 e. The zero-order chi connectivity index (χ0) is 25.1. The lowest BCUT2D eigenvalue weighted by Crippen LogP contribution is -2.54. The van der Waals surface area contributed by atoms with Crippen LogP contribution >= 0.6 is 0 Å². The second-order valence-corrected chi connectivity index (χ2v) is 12.8. The van der Waals surface area contributed by atoms with Gasteiger partial charge in [-0.15, -0.1) is 0 Å². The number of carbonyl (C=O) groups is 1. The van der Waals surface area contributed by atoms with Crippen LogP contribution in [0.3, 0.4) is 0 Å². The van der Waals surface area contributed by atoms with Crippen molar-refractivity contribution < 1.29 is 13.7 Å². The molecule has 5 aliphatic rings. The summed E-state index contributed by atoms with van der Waals surface area (Å²) in [6.07, 6.45) is 5.64. The molecule has 2 aromatic rings. The van der Waals surface area contributed by atoms with Crippen molar-refractivity contribution in [2.45, 2.75) is 49.0 Å². The number of anilines is 3. The number of nitrogens with zero attached hydrogens (tertiary/aromatic N) is 4. The first-order chi connectivity index (χ1) is 18.0. The largest absolute Gasteiger partial charge is 0.453 e. The van der Waals surface area contributed by atoms with Crippen LogP contribution in [0.4, 0.5) is 22.2 Å². The number of amides is 1. The molecular formula is C27H34N6O3S. The van der Waals surface area contributed by atoms with Crippen LogP contribution < -0.4 is 20.4 Å². The average Bonchev–Trinajstić information content (AvgIpc) is 3.54. The summed E-state index contributed by atoms with van der Waals surface area (Å²) in [5.41, 5.74) is 5.01. The summed E-state index contributed by atoms with van der Waals surface area (Å²) in [6, 6.07) is 7.00. The molecule has 3 atom stereocenters. The standard InChI is InChI=1S/C27H34N6O3S/c1-36-26(34)28-16-27(8-2-9-27)31-24-23-22(7-10-37(23)35)29-25(30-24)33-14-19-12-32(13-20(19)15-33)21-6-5-17-3-4-18(17)11-21/h5-6,11,19-20H,2-4,7-10,12-16H2,1H3,(H,28,34)(H,29,30,31). The molecule has 1 amide bonds. The van der Waals surface area contributed by atoms with Crippen LogP contribution in [0, 0.1) is 11.8 Å². The topological polar surface area (TPSA) is 99.7 Å². The Morgan fingerprint density at radius 1 is 1.08 bits per heavy atom. The maximum absolute atomic E-state index is 12.9. The summed E-state index contributed by atoms with van der Waals surface area (Å²) in [7, 11) is 0.273. The molecule has 1 saturated carbocycles. The monoisotopic (exact) mass is 522 g/mol. The van der Waals surface area contributed by atoms with Gasteiger partial charge in [-0.2, -0.15) is 4.98 Å². The fraction of sp³-hybridized carbons (Fsp3) is 0.593. The lowest BCUT2D eigenvalue weighted by atomic mass is 9.76. The Bertz CT molecular complexity index is 1270. The molecule has 2 N–H and O–H groups in total. The van der Waals surface area contributed by atoms with E-state index in [0.717, 1.165) is 62.0 Å². The number of hydrogen-bond donors (Lipinski definition) is 2. The van der Waals surface area contributed by atoms with Crippen LogP contribution in [0.15, 0.2) is 23.1 Å². The summed E-state index contributed by atoms with van der Waals surface area (Å²) >= 11 is 0. The third kappa shape index (κ3) is 4.04. The second kappa shape index (κ2) is 8.85. The molecule has 7 rings (SSSR count). The molecule has 0 spiro atoms. The molecule has 1 aromatic heterocycles. The van der Waals surface area contributed by atoms with Crippen LogP contribution in [0.25, 0.3) is 0 Å². The number of aryl methyl sites for hydroxylation is 3. The van der Waals surface area contributed by atoms with E-state index in [1.807, 2.05) is 0 Å². The van der Waals surface area contributed by atoms with E-state index in [4.69, 9.17) is 14.7 Å². The molecule has 10 heteroatoms. The van der Waals surface area contributed by atoms with Gasteiger partial charge in [0.15, 0.2) is 0 Å². The zero-order valence-corrected chi connectivity index (χ0v) is 22.1. The quantitative estimate of drug-likeness (QED) is 0.597. The number of rotatable bonds is 6. The highest BCUT2D eigenvalue weighted by molar-refractivity contribution is 7.85. The van der Waals surface area contributed by atoms with E-state index in [1.165, 1.54) is 36.8 Å². The number of ether oxygens (including phenoxy) is 1. The minimum Gasteiger partial charge on any atom is -0.453 e. The van der Waals surface area contributed by atoms with Gasteiger partial charge in [0.25, 0.3) is 0 Å². The summed E-state index contributed by atoms with van der Waals surface area (Å²) in [6.45, 7) is 4.49. The highest BCUT2D eigenvalue weighted by Crippen LogP contribution is 2.40. The van der Waals surface area contributed by atoms with E-state index >= 15 is 0 Å². The van der Waals surface area contributed by atoms with Gasteiger partial charge in [-0.05, 0) is 55.4 Å². The van der Waals surface area contributed by atoms with Crippen LogP contribution in [0.5, 0.6) is 0 Å². The van der Waals surface area contributed by atoms with E-state index in [2.05, 4.69) is 38.6 Å². The molecule has 3 fully saturated rings. The molecule has 0 bridgehead atoms. The van der Waals surface area contributed by atoms with Gasteiger partial charge in [-0.3, -0.25) is 4.21 Å². The second-order valence-electron chi connectivity index (χ2n) is 11.3. The Balaban J connectivity index is 1.09. The number of fused-ring (bicyclic) bond motifs is 3. The first-order valence-electron chi connectivity index (χ1n) is 13.5. The average molecular weight is 523 g/mol. The van der Waals surface area contributed by atoms with Crippen LogP contribution in [0.1, 0.15) is 36.1 Å². The molecule has 196 valence electrons. The Labute approximate surface area is 219 Å². The van der Waals surface area contributed by atoms with Crippen molar-refractivity contribution in [2.75, 3.05) is 60.7 Å². The molecule has 3 aliphatic heterocycles. The fourth-order valence-corrected chi connectivity index (χ4v) is 7.98. The molecule has 0 radical (unpaired) electrons. The van der Waals surface area contributed by atoms with Gasteiger partial charge < -0.3 is 25.2 Å². The zero-order valence-electron chi connectivity index (χ0n) is 21.3. The molecule has 2 aliphatic carbocycles. The number of carbonyl (C=O) groups excluding carboxylic acids is 1. The van der Waals surface area contributed by atoms with Crippen LogP contribution in [0.2, 0.25) is 0 Å². The lowest BCUT2D eigenvalue weighted by molar-refractivity contribution is 0.163. The summed E-state index contributed by atoms with van der Waals surface area (Å²) in [4.78, 5) is 27.2. The Kier molecular flexibility index (Phi) is 5.56. The maximum Gasteiger partial charge on any atom is 0.406 e. The van der Waals surface area contributed by atoms with Crippen molar-refractivity contribution in [1.29, 1.82) is 0 Å². The van der Waals surface area contributed by atoms with Gasteiger partial charge in [-0.1, -0.05) is 6.07 Å².